The Morgan fingerprint density at radius 2 is 1.79 bits per heavy atom. The molecule has 1 N–H and O–H groups in total. The second-order valence-corrected chi connectivity index (χ2v) is 8.71. The fraction of sp³-hybridized carbons (Fsp3) is 0.120. The smallest absolute Gasteiger partial charge is 0.256 e. The number of aromatic nitrogens is 2. The number of hydrogen-bond donors (Lipinski definition) is 1. The van der Waals surface area contributed by atoms with Gasteiger partial charge in [0.25, 0.3) is 5.91 Å². The van der Waals surface area contributed by atoms with Gasteiger partial charge in [0.1, 0.15) is 17.4 Å². The van der Waals surface area contributed by atoms with E-state index in [0.29, 0.717) is 32.9 Å². The van der Waals surface area contributed by atoms with Crippen LogP contribution in [-0.4, -0.2) is 15.7 Å². The molecule has 0 fully saturated rings. The van der Waals surface area contributed by atoms with Crippen LogP contribution in [0.15, 0.2) is 72.9 Å². The highest BCUT2D eigenvalue weighted by atomic mass is 35.5. The normalized spacial score (nSPS) is 10.8. The van der Waals surface area contributed by atoms with Crippen LogP contribution in [0.3, 0.4) is 0 Å². The fourth-order valence-electron chi connectivity index (χ4n) is 3.23. The van der Waals surface area contributed by atoms with E-state index < -0.39 is 0 Å². The lowest BCUT2D eigenvalue weighted by Crippen LogP contribution is -2.13. The molecule has 4 aromatic rings. The first-order valence-corrected chi connectivity index (χ1v) is 11.3. The molecule has 0 aliphatic heterocycles. The van der Waals surface area contributed by atoms with Gasteiger partial charge in [0, 0.05) is 16.8 Å². The van der Waals surface area contributed by atoms with Crippen molar-refractivity contribution in [3.05, 3.63) is 110 Å². The van der Waals surface area contributed by atoms with Crippen molar-refractivity contribution in [2.75, 3.05) is 5.32 Å². The van der Waals surface area contributed by atoms with Gasteiger partial charge in [-0.1, -0.05) is 71.2 Å². The van der Waals surface area contributed by atoms with E-state index in [1.807, 2.05) is 49.4 Å². The Kier molecular flexibility index (Phi) is 7.23. The van der Waals surface area contributed by atoms with Crippen LogP contribution in [0.2, 0.25) is 15.1 Å². The van der Waals surface area contributed by atoms with Crippen molar-refractivity contribution in [3.8, 4) is 5.75 Å². The molecule has 8 heteroatoms. The molecule has 0 radical (unpaired) electrons. The van der Waals surface area contributed by atoms with Gasteiger partial charge in [-0.3, -0.25) is 9.48 Å². The van der Waals surface area contributed by atoms with Gasteiger partial charge in [0.05, 0.1) is 11.6 Å². The molecule has 0 atom stereocenters. The molecule has 0 unspecified atom stereocenters. The molecule has 0 bridgehead atoms. The van der Waals surface area contributed by atoms with Gasteiger partial charge in [0.15, 0.2) is 5.82 Å². The summed E-state index contributed by atoms with van der Waals surface area (Å²) < 4.78 is 7.47. The molecule has 4 rings (SSSR count). The molecule has 1 aromatic heterocycles. The summed E-state index contributed by atoms with van der Waals surface area (Å²) in [6, 6.07) is 20.2. The number of benzene rings is 3. The molecule has 0 spiro atoms. The summed E-state index contributed by atoms with van der Waals surface area (Å²) in [7, 11) is 0. The summed E-state index contributed by atoms with van der Waals surface area (Å²) in [4.78, 5) is 12.8. The van der Waals surface area contributed by atoms with Crippen molar-refractivity contribution in [1.82, 2.24) is 9.78 Å². The Morgan fingerprint density at radius 1 is 0.970 bits per heavy atom. The van der Waals surface area contributed by atoms with Gasteiger partial charge < -0.3 is 10.1 Å². The van der Waals surface area contributed by atoms with E-state index in [0.717, 1.165) is 16.7 Å². The fourth-order valence-corrected chi connectivity index (χ4v) is 3.79. The lowest BCUT2D eigenvalue weighted by Gasteiger charge is -2.10. The van der Waals surface area contributed by atoms with Crippen LogP contribution in [0, 0.1) is 6.92 Å². The number of ether oxygens (including phenoxy) is 1. The van der Waals surface area contributed by atoms with Crippen LogP contribution in [0.4, 0.5) is 5.82 Å². The van der Waals surface area contributed by atoms with Crippen molar-refractivity contribution in [3.63, 3.8) is 0 Å². The number of rotatable bonds is 7. The highest BCUT2D eigenvalue weighted by Crippen LogP contribution is 2.26. The largest absolute Gasteiger partial charge is 0.487 e. The van der Waals surface area contributed by atoms with Crippen LogP contribution >= 0.6 is 34.8 Å². The monoisotopic (exact) mass is 499 g/mol. The number of carbonyl (C=O) groups excluding carboxylic acids is 1. The Bertz CT molecular complexity index is 1300. The minimum Gasteiger partial charge on any atom is -0.487 e. The third-order valence-corrected chi connectivity index (χ3v) is 5.87. The maximum atomic E-state index is 12.8. The number of amides is 1. The van der Waals surface area contributed by atoms with Gasteiger partial charge in [0.2, 0.25) is 0 Å². The van der Waals surface area contributed by atoms with E-state index in [1.165, 1.54) is 0 Å². The number of hydrogen-bond acceptors (Lipinski definition) is 3. The maximum Gasteiger partial charge on any atom is 0.256 e. The van der Waals surface area contributed by atoms with Crippen molar-refractivity contribution in [2.45, 2.75) is 20.1 Å². The first-order chi connectivity index (χ1) is 15.9. The van der Waals surface area contributed by atoms with E-state index >= 15 is 0 Å². The van der Waals surface area contributed by atoms with Crippen molar-refractivity contribution < 1.29 is 9.53 Å². The van der Waals surface area contributed by atoms with Gasteiger partial charge in [-0.05, 0) is 53.9 Å². The predicted molar refractivity (Wildman–Crippen MR) is 133 cm³/mol. The first-order valence-electron chi connectivity index (χ1n) is 10.1. The average Bonchev–Trinajstić information content (AvgIpc) is 3.14. The van der Waals surface area contributed by atoms with Gasteiger partial charge in [-0.2, -0.15) is 5.10 Å². The third-order valence-electron chi connectivity index (χ3n) is 4.91. The molecule has 0 saturated carbocycles. The second-order valence-electron chi connectivity index (χ2n) is 7.49. The summed E-state index contributed by atoms with van der Waals surface area (Å²) in [5.74, 6) is 0.555. The van der Waals surface area contributed by atoms with Crippen molar-refractivity contribution >= 4 is 46.5 Å². The highest BCUT2D eigenvalue weighted by molar-refractivity contribution is 6.33. The topological polar surface area (TPSA) is 56.1 Å². The molecule has 0 aliphatic rings. The van der Waals surface area contributed by atoms with Crippen LogP contribution in [-0.2, 0) is 13.2 Å². The highest BCUT2D eigenvalue weighted by Gasteiger charge is 2.14. The van der Waals surface area contributed by atoms with Gasteiger partial charge in [-0.15, -0.1) is 0 Å². The first kappa shape index (κ1) is 23.2. The molecule has 0 saturated heterocycles. The van der Waals surface area contributed by atoms with Gasteiger partial charge >= 0.3 is 0 Å². The number of nitrogens with zero attached hydrogens (tertiary/aromatic N) is 2. The van der Waals surface area contributed by atoms with E-state index in [4.69, 9.17) is 39.5 Å². The quantitative estimate of drug-likeness (QED) is 0.296. The Morgan fingerprint density at radius 3 is 2.61 bits per heavy atom. The number of carbonyl (C=O) groups is 1. The summed E-state index contributed by atoms with van der Waals surface area (Å²) in [6.45, 7) is 2.68. The minimum absolute atomic E-state index is 0.275. The number of halogens is 3. The summed E-state index contributed by atoms with van der Waals surface area (Å²) in [5.41, 5.74) is 3.24. The molecule has 0 aliphatic carbocycles. The molecular formula is C25H20Cl3N3O2. The number of nitrogens with one attached hydrogen (secondary N) is 1. The molecule has 5 nitrogen and oxygen atoms in total. The standard InChI is InChI=1S/C25H20Cl3N3O2/c1-16-9-10-21(27)23(11-16)33-15-17-5-4-7-18(12-17)25(32)29-24-22(28)14-31(30-24)13-19-6-2-3-8-20(19)26/h2-12,14H,13,15H2,1H3,(H,29,30,32). The number of aryl methyl sites for hydroxylation is 1. The SMILES string of the molecule is Cc1ccc(Cl)c(OCc2cccc(C(=O)Nc3nn(Cc4ccccc4Cl)cc3Cl)c2)c1. The zero-order valence-electron chi connectivity index (χ0n) is 17.7. The maximum absolute atomic E-state index is 12.8. The van der Waals surface area contributed by atoms with Gasteiger partial charge in [-0.25, -0.2) is 0 Å². The predicted octanol–water partition coefficient (Wildman–Crippen LogP) is 7.03. The summed E-state index contributed by atoms with van der Waals surface area (Å²) in [5, 5.41) is 8.66. The molecular weight excluding hydrogens is 481 g/mol. The van der Waals surface area contributed by atoms with E-state index in [1.54, 1.807) is 35.1 Å². The Labute approximate surface area is 206 Å². The van der Waals surface area contributed by atoms with Crippen LogP contribution in [0.25, 0.3) is 0 Å². The minimum atomic E-state index is -0.324. The Balaban J connectivity index is 1.43. The summed E-state index contributed by atoms with van der Waals surface area (Å²) >= 11 is 18.7. The van der Waals surface area contributed by atoms with Crippen LogP contribution < -0.4 is 10.1 Å². The van der Waals surface area contributed by atoms with Crippen LogP contribution in [0.1, 0.15) is 27.0 Å². The Hall–Kier alpha value is -2.99. The molecule has 1 amide bonds. The molecule has 33 heavy (non-hydrogen) atoms. The van der Waals surface area contributed by atoms with E-state index in [9.17, 15) is 4.79 Å². The average molecular weight is 501 g/mol. The second kappa shape index (κ2) is 10.3. The zero-order chi connectivity index (χ0) is 23.4. The van der Waals surface area contributed by atoms with Crippen molar-refractivity contribution in [2.24, 2.45) is 0 Å². The lowest BCUT2D eigenvalue weighted by molar-refractivity contribution is 0.102. The summed E-state index contributed by atoms with van der Waals surface area (Å²) in [6.07, 6.45) is 1.65. The van der Waals surface area contributed by atoms with Crippen molar-refractivity contribution in [1.29, 1.82) is 0 Å². The lowest BCUT2D eigenvalue weighted by atomic mass is 10.1. The van der Waals surface area contributed by atoms with E-state index in [2.05, 4.69) is 10.4 Å². The molecule has 168 valence electrons. The molecule has 3 aromatic carbocycles. The number of anilines is 1. The van der Waals surface area contributed by atoms with Crippen LogP contribution in [0.5, 0.6) is 5.75 Å². The molecule has 1 heterocycles. The third kappa shape index (κ3) is 5.88. The zero-order valence-corrected chi connectivity index (χ0v) is 20.0. The van der Waals surface area contributed by atoms with E-state index in [-0.39, 0.29) is 18.3 Å².